The van der Waals surface area contributed by atoms with Crippen LogP contribution in [0.15, 0.2) is 18.2 Å². The van der Waals surface area contributed by atoms with Crippen molar-refractivity contribution in [3.8, 4) is 0 Å². The van der Waals surface area contributed by atoms with E-state index in [-0.39, 0.29) is 36.8 Å². The number of amides is 1. The third-order valence-electron chi connectivity index (χ3n) is 4.75. The molecule has 2 fully saturated rings. The molecule has 1 atom stereocenters. The Morgan fingerprint density at radius 2 is 1.85 bits per heavy atom. The van der Waals surface area contributed by atoms with Gasteiger partial charge in [-0.3, -0.25) is 15.0 Å². The Balaban J connectivity index is 0.00000182. The van der Waals surface area contributed by atoms with Gasteiger partial charge in [-0.05, 0) is 30.5 Å². The van der Waals surface area contributed by atoms with Crippen LogP contribution >= 0.6 is 24.8 Å². The van der Waals surface area contributed by atoms with Gasteiger partial charge >= 0.3 is 0 Å². The molecule has 2 heterocycles. The summed E-state index contributed by atoms with van der Waals surface area (Å²) < 4.78 is 52.5. The molecule has 2 aliphatic heterocycles. The molecule has 154 valence electrons. The molecule has 0 spiro atoms. The number of hydrogen-bond acceptors (Lipinski definition) is 3. The van der Waals surface area contributed by atoms with Gasteiger partial charge in [-0.25, -0.2) is 17.6 Å². The molecule has 0 bridgehead atoms. The maximum atomic E-state index is 13.2. The quantitative estimate of drug-likeness (QED) is 0.720. The highest BCUT2D eigenvalue weighted by Gasteiger charge is 2.42. The average molecular weight is 432 g/mol. The van der Waals surface area contributed by atoms with Crippen molar-refractivity contribution >= 4 is 30.7 Å². The fourth-order valence-electron chi connectivity index (χ4n) is 3.33. The van der Waals surface area contributed by atoms with Crippen LogP contribution in [0.5, 0.6) is 0 Å². The second kappa shape index (κ2) is 9.91. The summed E-state index contributed by atoms with van der Waals surface area (Å²) in [5.74, 6) is -4.93. The zero-order valence-electron chi connectivity index (χ0n) is 14.5. The summed E-state index contributed by atoms with van der Waals surface area (Å²) in [5.41, 5.74) is 0.693. The second-order valence-electron chi connectivity index (χ2n) is 6.80. The lowest BCUT2D eigenvalue weighted by atomic mass is 10.0. The SMILES string of the molecule is Cl.Cl.O=C(NC1CCN(Cc2ccc(F)c(F)c2)CC1)C1CC(F)(F)CN1. The van der Waals surface area contributed by atoms with Crippen molar-refractivity contribution in [2.45, 2.75) is 43.8 Å². The van der Waals surface area contributed by atoms with E-state index in [1.807, 2.05) is 0 Å². The molecule has 2 N–H and O–H groups in total. The number of halogens is 6. The molecule has 2 saturated heterocycles. The van der Waals surface area contributed by atoms with E-state index in [1.54, 1.807) is 6.07 Å². The Labute approximate surface area is 167 Å². The first-order valence-corrected chi connectivity index (χ1v) is 8.40. The van der Waals surface area contributed by atoms with Crippen molar-refractivity contribution in [3.05, 3.63) is 35.4 Å². The number of benzene rings is 1. The Hall–Kier alpha value is -1.09. The molecule has 0 radical (unpaired) electrons. The molecule has 3 rings (SSSR count). The number of carbonyl (C=O) groups is 1. The zero-order chi connectivity index (χ0) is 18.0. The van der Waals surface area contributed by atoms with Crippen LogP contribution in [0.4, 0.5) is 17.6 Å². The average Bonchev–Trinajstić information content (AvgIpc) is 2.93. The first-order valence-electron chi connectivity index (χ1n) is 8.40. The number of rotatable bonds is 4. The van der Waals surface area contributed by atoms with E-state index in [2.05, 4.69) is 15.5 Å². The second-order valence-corrected chi connectivity index (χ2v) is 6.80. The summed E-state index contributed by atoms with van der Waals surface area (Å²) in [7, 11) is 0. The predicted molar refractivity (Wildman–Crippen MR) is 98.7 cm³/mol. The molecule has 1 aromatic rings. The van der Waals surface area contributed by atoms with Gasteiger partial charge in [0.05, 0.1) is 12.6 Å². The number of likely N-dealkylation sites (tertiary alicyclic amines) is 1. The molecule has 27 heavy (non-hydrogen) atoms. The molecular weight excluding hydrogens is 409 g/mol. The van der Waals surface area contributed by atoms with Crippen LogP contribution in [-0.2, 0) is 11.3 Å². The minimum absolute atomic E-state index is 0. The van der Waals surface area contributed by atoms with Crippen LogP contribution in [-0.4, -0.2) is 48.4 Å². The fourth-order valence-corrected chi connectivity index (χ4v) is 3.33. The van der Waals surface area contributed by atoms with Crippen LogP contribution in [0, 0.1) is 11.6 Å². The number of hydrogen-bond donors (Lipinski definition) is 2. The lowest BCUT2D eigenvalue weighted by Crippen LogP contribution is -2.49. The molecular formula is C17H23Cl2F4N3O. The lowest BCUT2D eigenvalue weighted by molar-refractivity contribution is -0.124. The van der Waals surface area contributed by atoms with E-state index in [4.69, 9.17) is 0 Å². The minimum atomic E-state index is -2.82. The Kier molecular flexibility index (Phi) is 8.79. The summed E-state index contributed by atoms with van der Waals surface area (Å²) in [6.45, 7) is 1.43. The minimum Gasteiger partial charge on any atom is -0.352 e. The third-order valence-corrected chi connectivity index (χ3v) is 4.75. The van der Waals surface area contributed by atoms with Crippen LogP contribution in [0.25, 0.3) is 0 Å². The normalized spacial score (nSPS) is 22.6. The summed E-state index contributed by atoms with van der Waals surface area (Å²) in [4.78, 5) is 14.1. The topological polar surface area (TPSA) is 44.4 Å². The monoisotopic (exact) mass is 431 g/mol. The number of alkyl halides is 2. The number of nitrogens with one attached hydrogen (secondary N) is 2. The first kappa shape index (κ1) is 23.9. The van der Waals surface area contributed by atoms with Gasteiger partial charge in [0.15, 0.2) is 11.6 Å². The summed E-state index contributed by atoms with van der Waals surface area (Å²) in [6, 6.07) is 2.97. The Morgan fingerprint density at radius 1 is 1.19 bits per heavy atom. The Bertz CT molecular complexity index is 643. The predicted octanol–water partition coefficient (Wildman–Crippen LogP) is 2.89. The number of carbonyl (C=O) groups excluding carboxylic acids is 1. The van der Waals surface area contributed by atoms with E-state index in [1.165, 1.54) is 6.07 Å². The van der Waals surface area contributed by atoms with E-state index in [0.717, 1.165) is 6.07 Å². The lowest BCUT2D eigenvalue weighted by Gasteiger charge is -2.32. The smallest absolute Gasteiger partial charge is 0.262 e. The van der Waals surface area contributed by atoms with E-state index in [9.17, 15) is 22.4 Å². The van der Waals surface area contributed by atoms with Crippen LogP contribution < -0.4 is 10.6 Å². The standard InChI is InChI=1S/C17H21F4N3O.2ClH/c18-13-2-1-11(7-14(13)19)9-24-5-3-12(4-6-24)23-16(25)15-8-17(20,21)10-22-15;;/h1-2,7,12,15,22H,3-6,8-10H2,(H,23,25);2*1H. The molecule has 0 saturated carbocycles. The van der Waals surface area contributed by atoms with E-state index in [0.29, 0.717) is 38.0 Å². The highest BCUT2D eigenvalue weighted by atomic mass is 35.5. The van der Waals surface area contributed by atoms with Gasteiger partial charge in [0.2, 0.25) is 5.91 Å². The van der Waals surface area contributed by atoms with Crippen molar-refractivity contribution in [2.24, 2.45) is 0 Å². The van der Waals surface area contributed by atoms with Crippen molar-refractivity contribution < 1.29 is 22.4 Å². The van der Waals surface area contributed by atoms with E-state index < -0.39 is 36.6 Å². The van der Waals surface area contributed by atoms with Crippen molar-refractivity contribution in [1.29, 1.82) is 0 Å². The highest BCUT2D eigenvalue weighted by Crippen LogP contribution is 2.25. The van der Waals surface area contributed by atoms with Crippen LogP contribution in [0.3, 0.4) is 0 Å². The Morgan fingerprint density at radius 3 is 2.41 bits per heavy atom. The molecule has 0 aliphatic carbocycles. The largest absolute Gasteiger partial charge is 0.352 e. The van der Waals surface area contributed by atoms with E-state index >= 15 is 0 Å². The molecule has 1 unspecified atom stereocenters. The molecule has 4 nitrogen and oxygen atoms in total. The summed E-state index contributed by atoms with van der Waals surface area (Å²) in [5, 5.41) is 5.38. The highest BCUT2D eigenvalue weighted by molar-refractivity contribution is 5.85. The van der Waals surface area contributed by atoms with Crippen LogP contribution in [0.1, 0.15) is 24.8 Å². The summed E-state index contributed by atoms with van der Waals surface area (Å²) in [6.07, 6.45) is 0.921. The number of nitrogens with zero attached hydrogens (tertiary/aromatic N) is 1. The third kappa shape index (κ3) is 6.48. The van der Waals surface area contributed by atoms with Gasteiger partial charge in [-0.1, -0.05) is 6.07 Å². The van der Waals surface area contributed by atoms with Gasteiger partial charge < -0.3 is 5.32 Å². The molecule has 0 aromatic heterocycles. The maximum absolute atomic E-state index is 13.2. The molecule has 2 aliphatic rings. The van der Waals surface area contributed by atoms with Gasteiger partial charge in [-0.2, -0.15) is 0 Å². The maximum Gasteiger partial charge on any atom is 0.262 e. The zero-order valence-corrected chi connectivity index (χ0v) is 16.2. The van der Waals surface area contributed by atoms with Gasteiger partial charge in [-0.15, -0.1) is 24.8 Å². The molecule has 1 aromatic carbocycles. The van der Waals surface area contributed by atoms with Gasteiger partial charge in [0.1, 0.15) is 0 Å². The van der Waals surface area contributed by atoms with Crippen molar-refractivity contribution in [1.82, 2.24) is 15.5 Å². The van der Waals surface area contributed by atoms with Crippen molar-refractivity contribution in [2.75, 3.05) is 19.6 Å². The van der Waals surface area contributed by atoms with Gasteiger partial charge in [0, 0.05) is 32.1 Å². The summed E-state index contributed by atoms with van der Waals surface area (Å²) >= 11 is 0. The molecule has 1 amide bonds. The molecule has 10 heteroatoms. The van der Waals surface area contributed by atoms with Crippen molar-refractivity contribution in [3.63, 3.8) is 0 Å². The number of piperidine rings is 1. The first-order chi connectivity index (χ1) is 11.8. The van der Waals surface area contributed by atoms with Crippen LogP contribution in [0.2, 0.25) is 0 Å². The fraction of sp³-hybridized carbons (Fsp3) is 0.588. The van der Waals surface area contributed by atoms with Gasteiger partial charge in [0.25, 0.3) is 5.92 Å².